The number of piperazine rings is 1. The summed E-state index contributed by atoms with van der Waals surface area (Å²) in [6, 6.07) is 9.38. The van der Waals surface area contributed by atoms with Gasteiger partial charge in [-0.1, -0.05) is 13.8 Å². The molecule has 0 radical (unpaired) electrons. The number of amides is 1. The maximum absolute atomic E-state index is 12.1. The molecule has 2 rings (SSSR count). The Morgan fingerprint density at radius 3 is 2.42 bits per heavy atom. The molecular formula is C18H25N7O. The van der Waals surface area contributed by atoms with Gasteiger partial charge in [0.15, 0.2) is 5.84 Å². The van der Waals surface area contributed by atoms with Crippen LogP contribution in [-0.4, -0.2) is 48.5 Å². The van der Waals surface area contributed by atoms with Gasteiger partial charge < -0.3 is 15.5 Å². The zero-order chi connectivity index (χ0) is 19.1. The van der Waals surface area contributed by atoms with E-state index < -0.39 is 0 Å². The number of hydrogen-bond donors (Lipinski definition) is 3. The summed E-state index contributed by atoms with van der Waals surface area (Å²) in [6.45, 7) is 7.20. The van der Waals surface area contributed by atoms with Gasteiger partial charge in [0.1, 0.15) is 6.07 Å². The summed E-state index contributed by atoms with van der Waals surface area (Å²) in [6.07, 6.45) is 0.603. The number of amidine groups is 1. The Balaban J connectivity index is 1.91. The second-order valence-corrected chi connectivity index (χ2v) is 6.61. The first kappa shape index (κ1) is 19.2. The zero-order valence-corrected chi connectivity index (χ0v) is 15.2. The number of hydrazone groups is 1. The quantitative estimate of drug-likeness (QED) is 0.406. The Morgan fingerprint density at radius 2 is 1.92 bits per heavy atom. The molecular weight excluding hydrogens is 330 g/mol. The van der Waals surface area contributed by atoms with Crippen LogP contribution in [0.1, 0.15) is 20.3 Å². The molecule has 0 spiro atoms. The first-order chi connectivity index (χ1) is 12.4. The van der Waals surface area contributed by atoms with Crippen molar-refractivity contribution in [3.8, 4) is 6.07 Å². The molecule has 1 amide bonds. The smallest absolute Gasteiger partial charge is 0.222 e. The summed E-state index contributed by atoms with van der Waals surface area (Å²) in [7, 11) is 0. The monoisotopic (exact) mass is 355 g/mol. The van der Waals surface area contributed by atoms with Gasteiger partial charge in [-0.2, -0.15) is 10.4 Å². The Morgan fingerprint density at radius 1 is 1.31 bits per heavy atom. The summed E-state index contributed by atoms with van der Waals surface area (Å²) in [4.78, 5) is 16.3. The lowest BCUT2D eigenvalue weighted by Gasteiger charge is -2.36. The molecule has 1 saturated heterocycles. The highest BCUT2D eigenvalue weighted by Gasteiger charge is 2.21. The van der Waals surface area contributed by atoms with E-state index in [1.807, 2.05) is 29.2 Å². The van der Waals surface area contributed by atoms with E-state index in [2.05, 4.69) is 29.3 Å². The van der Waals surface area contributed by atoms with Crippen molar-refractivity contribution < 1.29 is 4.79 Å². The van der Waals surface area contributed by atoms with E-state index in [9.17, 15) is 4.79 Å². The predicted molar refractivity (Wildman–Crippen MR) is 103 cm³/mol. The number of anilines is 2. The minimum Gasteiger partial charge on any atom is -0.382 e. The number of nitriles is 1. The minimum absolute atomic E-state index is 0.156. The molecule has 4 N–H and O–H groups in total. The molecule has 0 saturated carbocycles. The van der Waals surface area contributed by atoms with Gasteiger partial charge in [-0.25, -0.2) is 0 Å². The summed E-state index contributed by atoms with van der Waals surface area (Å²) in [5, 5.41) is 19.8. The largest absolute Gasteiger partial charge is 0.382 e. The molecule has 0 aliphatic carbocycles. The molecule has 0 bridgehead atoms. The molecule has 1 aliphatic heterocycles. The highest BCUT2D eigenvalue weighted by Crippen LogP contribution is 2.20. The molecule has 1 aromatic carbocycles. The van der Waals surface area contributed by atoms with E-state index >= 15 is 0 Å². The molecule has 138 valence electrons. The van der Waals surface area contributed by atoms with Gasteiger partial charge in [0.25, 0.3) is 0 Å². The van der Waals surface area contributed by atoms with Crippen LogP contribution in [-0.2, 0) is 4.79 Å². The normalized spacial score (nSPS) is 14.9. The van der Waals surface area contributed by atoms with Crippen molar-refractivity contribution in [2.45, 2.75) is 20.3 Å². The number of benzene rings is 1. The highest BCUT2D eigenvalue weighted by atomic mass is 16.2. The SMILES string of the molecule is CC(C)CC(=O)N1CCN(c2ccc(N/N=C(\C#N)C(=N)N)cc2)CC1. The van der Waals surface area contributed by atoms with Crippen LogP contribution in [0.25, 0.3) is 0 Å². The van der Waals surface area contributed by atoms with Gasteiger partial charge in [0.2, 0.25) is 11.6 Å². The van der Waals surface area contributed by atoms with E-state index in [1.165, 1.54) is 0 Å². The lowest BCUT2D eigenvalue weighted by Crippen LogP contribution is -2.49. The fourth-order valence-electron chi connectivity index (χ4n) is 2.71. The maximum Gasteiger partial charge on any atom is 0.222 e. The molecule has 0 unspecified atom stereocenters. The molecule has 26 heavy (non-hydrogen) atoms. The van der Waals surface area contributed by atoms with Crippen LogP contribution in [0.4, 0.5) is 11.4 Å². The molecule has 0 aromatic heterocycles. The number of rotatable bonds is 6. The standard InChI is InChI=1S/C18H25N7O/c1-13(2)11-17(26)25-9-7-24(8-10-25)15-5-3-14(4-6-15)22-23-16(12-19)18(20)21/h3-6,13,22H,7-11H2,1-2H3,(H3,20,21)/b23-16+. The fraction of sp³-hybridized carbons (Fsp3) is 0.444. The molecule has 1 aromatic rings. The molecule has 8 heteroatoms. The van der Waals surface area contributed by atoms with Gasteiger partial charge in [0.05, 0.1) is 5.69 Å². The summed E-state index contributed by atoms with van der Waals surface area (Å²) < 4.78 is 0. The topological polar surface area (TPSA) is 122 Å². The number of carbonyl (C=O) groups excluding carboxylic acids is 1. The Kier molecular flexibility index (Phi) is 6.55. The second kappa shape index (κ2) is 8.85. The first-order valence-corrected chi connectivity index (χ1v) is 8.61. The average molecular weight is 355 g/mol. The Labute approximate surface area is 153 Å². The van der Waals surface area contributed by atoms with Crippen molar-refractivity contribution in [2.24, 2.45) is 16.8 Å². The van der Waals surface area contributed by atoms with E-state index in [1.54, 1.807) is 6.07 Å². The van der Waals surface area contributed by atoms with Crippen molar-refractivity contribution in [3.05, 3.63) is 24.3 Å². The van der Waals surface area contributed by atoms with Crippen LogP contribution >= 0.6 is 0 Å². The lowest BCUT2D eigenvalue weighted by molar-refractivity contribution is -0.132. The summed E-state index contributed by atoms with van der Waals surface area (Å²) >= 11 is 0. The van der Waals surface area contributed by atoms with Crippen molar-refractivity contribution in [1.29, 1.82) is 10.7 Å². The van der Waals surface area contributed by atoms with Crippen molar-refractivity contribution in [2.75, 3.05) is 36.5 Å². The predicted octanol–water partition coefficient (Wildman–Crippen LogP) is 1.61. The average Bonchev–Trinajstić information content (AvgIpc) is 2.62. The number of hydrogen-bond acceptors (Lipinski definition) is 6. The van der Waals surface area contributed by atoms with E-state index in [-0.39, 0.29) is 17.5 Å². The van der Waals surface area contributed by atoms with Crippen LogP contribution in [0.3, 0.4) is 0 Å². The highest BCUT2D eigenvalue weighted by molar-refractivity contribution is 6.45. The van der Waals surface area contributed by atoms with Crippen molar-refractivity contribution in [1.82, 2.24) is 4.90 Å². The maximum atomic E-state index is 12.1. The Bertz CT molecular complexity index is 710. The van der Waals surface area contributed by atoms with Crippen molar-refractivity contribution in [3.63, 3.8) is 0 Å². The third kappa shape index (κ3) is 5.21. The third-order valence-electron chi connectivity index (χ3n) is 4.11. The second-order valence-electron chi connectivity index (χ2n) is 6.61. The van der Waals surface area contributed by atoms with Crippen LogP contribution < -0.4 is 16.1 Å². The van der Waals surface area contributed by atoms with Crippen LogP contribution in [0.15, 0.2) is 29.4 Å². The third-order valence-corrected chi connectivity index (χ3v) is 4.11. The molecule has 1 heterocycles. The van der Waals surface area contributed by atoms with Crippen LogP contribution in [0.2, 0.25) is 0 Å². The molecule has 1 aliphatic rings. The van der Waals surface area contributed by atoms with Crippen LogP contribution in [0, 0.1) is 22.7 Å². The van der Waals surface area contributed by atoms with Gasteiger partial charge in [-0.15, -0.1) is 0 Å². The van der Waals surface area contributed by atoms with Crippen molar-refractivity contribution >= 4 is 28.8 Å². The van der Waals surface area contributed by atoms with E-state index in [0.29, 0.717) is 18.0 Å². The first-order valence-electron chi connectivity index (χ1n) is 8.61. The summed E-state index contributed by atoms with van der Waals surface area (Å²) in [5.41, 5.74) is 9.59. The molecule has 8 nitrogen and oxygen atoms in total. The Hall–Kier alpha value is -3.08. The minimum atomic E-state index is -0.374. The van der Waals surface area contributed by atoms with Gasteiger partial charge >= 0.3 is 0 Å². The molecule has 0 atom stereocenters. The zero-order valence-electron chi connectivity index (χ0n) is 15.2. The van der Waals surface area contributed by atoms with Crippen LogP contribution in [0.5, 0.6) is 0 Å². The van der Waals surface area contributed by atoms with Gasteiger partial charge in [-0.3, -0.25) is 15.6 Å². The van der Waals surface area contributed by atoms with Gasteiger partial charge in [-0.05, 0) is 30.2 Å². The number of carbonyl (C=O) groups is 1. The fourth-order valence-corrected chi connectivity index (χ4v) is 2.71. The van der Waals surface area contributed by atoms with Gasteiger partial charge in [0, 0.05) is 38.3 Å². The number of nitrogens with zero attached hydrogens (tertiary/aromatic N) is 4. The lowest BCUT2D eigenvalue weighted by atomic mass is 10.1. The number of nitrogens with one attached hydrogen (secondary N) is 2. The summed E-state index contributed by atoms with van der Waals surface area (Å²) in [5.74, 6) is 0.241. The molecule has 1 fully saturated rings. The number of nitrogens with two attached hydrogens (primary N) is 1. The van der Waals surface area contributed by atoms with E-state index in [0.717, 1.165) is 31.9 Å². The van der Waals surface area contributed by atoms with E-state index in [4.69, 9.17) is 16.4 Å².